The zero-order valence-corrected chi connectivity index (χ0v) is 13.7. The van der Waals surface area contributed by atoms with Crippen molar-refractivity contribution in [2.75, 3.05) is 24.8 Å². The average Bonchev–Trinajstić information content (AvgIpc) is 2.57. The number of methoxy groups -OCH3 is 1. The van der Waals surface area contributed by atoms with Crippen LogP contribution in [0.2, 0.25) is 0 Å². The molecule has 0 amide bonds. The Labute approximate surface area is 137 Å². The maximum atomic E-state index is 5.88. The van der Waals surface area contributed by atoms with Gasteiger partial charge in [-0.15, -0.1) is 0 Å². The third kappa shape index (κ3) is 5.25. The molecule has 0 spiro atoms. The van der Waals surface area contributed by atoms with Crippen LogP contribution in [0.1, 0.15) is 13.3 Å². The van der Waals surface area contributed by atoms with Gasteiger partial charge < -0.3 is 20.5 Å². The van der Waals surface area contributed by atoms with E-state index in [4.69, 9.17) is 15.2 Å². The quantitative estimate of drug-likeness (QED) is 0.569. The molecule has 0 fully saturated rings. The van der Waals surface area contributed by atoms with Crippen LogP contribution in [0.3, 0.4) is 0 Å². The Morgan fingerprint density at radius 1 is 1.13 bits per heavy atom. The lowest BCUT2D eigenvalue weighted by Gasteiger charge is -2.17. The van der Waals surface area contributed by atoms with Gasteiger partial charge >= 0.3 is 0 Å². The van der Waals surface area contributed by atoms with Gasteiger partial charge in [-0.05, 0) is 43.3 Å². The van der Waals surface area contributed by atoms with Gasteiger partial charge in [0.25, 0.3) is 0 Å². The van der Waals surface area contributed by atoms with Crippen molar-refractivity contribution in [2.24, 2.45) is 0 Å². The lowest BCUT2D eigenvalue weighted by molar-refractivity contribution is 0.309. The maximum absolute atomic E-state index is 5.88. The smallest absolute Gasteiger partial charge is 0.142 e. The van der Waals surface area contributed by atoms with Gasteiger partial charge in [0.2, 0.25) is 0 Å². The van der Waals surface area contributed by atoms with Crippen LogP contribution in [0.4, 0.5) is 11.4 Å². The van der Waals surface area contributed by atoms with Gasteiger partial charge in [0.1, 0.15) is 11.5 Å². The molecule has 4 heteroatoms. The Morgan fingerprint density at radius 2 is 1.87 bits per heavy atom. The number of para-hydroxylation sites is 2. The molecule has 2 aromatic carbocycles. The van der Waals surface area contributed by atoms with E-state index < -0.39 is 0 Å². The zero-order chi connectivity index (χ0) is 16.5. The highest BCUT2D eigenvalue weighted by atomic mass is 16.5. The first-order valence-corrected chi connectivity index (χ1v) is 7.73. The van der Waals surface area contributed by atoms with Gasteiger partial charge in [-0.3, -0.25) is 0 Å². The molecule has 0 aliphatic heterocycles. The number of benzene rings is 2. The summed E-state index contributed by atoms with van der Waals surface area (Å²) in [5, 5.41) is 3.48. The number of nitrogens with one attached hydrogen (secondary N) is 1. The number of rotatable bonds is 8. The van der Waals surface area contributed by atoms with Gasteiger partial charge in [0.15, 0.2) is 0 Å². The second kappa shape index (κ2) is 8.73. The number of ether oxygens (including phenoxy) is 2. The fourth-order valence-electron chi connectivity index (χ4n) is 2.26. The second-order valence-corrected chi connectivity index (χ2v) is 5.18. The van der Waals surface area contributed by atoms with Crippen molar-refractivity contribution in [2.45, 2.75) is 19.4 Å². The standard InChI is InChI=1S/C19H24N2O2/c1-3-6-15(21-16-9-11-17(22-2)12-10-16)13-14-23-19-8-5-4-7-18(19)20/h3-12,15,21H,13-14,20H2,1-2H3/b6-3+. The van der Waals surface area contributed by atoms with Crippen molar-refractivity contribution in [3.8, 4) is 11.5 Å². The zero-order valence-electron chi connectivity index (χ0n) is 13.7. The molecule has 1 atom stereocenters. The van der Waals surface area contributed by atoms with Gasteiger partial charge in [0, 0.05) is 18.2 Å². The molecule has 23 heavy (non-hydrogen) atoms. The van der Waals surface area contributed by atoms with Gasteiger partial charge in [-0.1, -0.05) is 24.3 Å². The number of hydrogen-bond acceptors (Lipinski definition) is 4. The first kappa shape index (κ1) is 16.7. The van der Waals surface area contributed by atoms with E-state index in [2.05, 4.69) is 11.4 Å². The minimum atomic E-state index is 0.193. The Kier molecular flexibility index (Phi) is 6.36. The van der Waals surface area contributed by atoms with E-state index in [9.17, 15) is 0 Å². The molecule has 0 aromatic heterocycles. The molecule has 0 radical (unpaired) electrons. The first-order chi connectivity index (χ1) is 11.2. The molecule has 0 bridgehead atoms. The number of hydrogen-bond donors (Lipinski definition) is 2. The third-order valence-corrected chi connectivity index (χ3v) is 3.47. The molecule has 0 heterocycles. The normalized spacial score (nSPS) is 12.1. The maximum Gasteiger partial charge on any atom is 0.142 e. The minimum Gasteiger partial charge on any atom is -0.497 e. The van der Waals surface area contributed by atoms with E-state index in [0.29, 0.717) is 12.3 Å². The highest BCUT2D eigenvalue weighted by Gasteiger charge is 2.06. The van der Waals surface area contributed by atoms with Crippen LogP contribution in [-0.4, -0.2) is 19.8 Å². The van der Waals surface area contributed by atoms with Crippen molar-refractivity contribution < 1.29 is 9.47 Å². The predicted molar refractivity (Wildman–Crippen MR) is 96.2 cm³/mol. The molecular formula is C19H24N2O2. The van der Waals surface area contributed by atoms with Gasteiger partial charge in [-0.25, -0.2) is 0 Å². The SMILES string of the molecule is C/C=C/C(CCOc1ccccc1N)Nc1ccc(OC)cc1. The van der Waals surface area contributed by atoms with Gasteiger partial charge in [0.05, 0.1) is 19.4 Å². The highest BCUT2D eigenvalue weighted by molar-refractivity contribution is 5.51. The molecule has 0 saturated heterocycles. The van der Waals surface area contributed by atoms with Crippen molar-refractivity contribution >= 4 is 11.4 Å². The minimum absolute atomic E-state index is 0.193. The van der Waals surface area contributed by atoms with Crippen LogP contribution in [0.15, 0.2) is 60.7 Å². The summed E-state index contributed by atoms with van der Waals surface area (Å²) in [6.45, 7) is 2.60. The molecule has 3 N–H and O–H groups in total. The number of nitrogen functional groups attached to an aromatic ring is 1. The summed E-state index contributed by atoms with van der Waals surface area (Å²) in [6.07, 6.45) is 5.00. The molecule has 2 aromatic rings. The number of allylic oxidation sites excluding steroid dienone is 1. The van der Waals surface area contributed by atoms with Crippen LogP contribution in [0, 0.1) is 0 Å². The fourth-order valence-corrected chi connectivity index (χ4v) is 2.26. The van der Waals surface area contributed by atoms with Crippen LogP contribution in [-0.2, 0) is 0 Å². The van der Waals surface area contributed by atoms with Crippen LogP contribution < -0.4 is 20.5 Å². The topological polar surface area (TPSA) is 56.5 Å². The van der Waals surface area contributed by atoms with E-state index in [1.807, 2.05) is 61.5 Å². The van der Waals surface area contributed by atoms with Crippen molar-refractivity contribution in [3.63, 3.8) is 0 Å². The molecule has 0 saturated carbocycles. The van der Waals surface area contributed by atoms with E-state index in [1.54, 1.807) is 7.11 Å². The van der Waals surface area contributed by atoms with E-state index in [-0.39, 0.29) is 6.04 Å². The van der Waals surface area contributed by atoms with Crippen molar-refractivity contribution in [3.05, 3.63) is 60.7 Å². The number of anilines is 2. The Morgan fingerprint density at radius 3 is 2.52 bits per heavy atom. The molecule has 2 rings (SSSR count). The predicted octanol–water partition coefficient (Wildman–Crippen LogP) is 4.10. The summed E-state index contributed by atoms with van der Waals surface area (Å²) in [6, 6.07) is 15.6. The molecule has 122 valence electrons. The third-order valence-electron chi connectivity index (χ3n) is 3.47. The summed E-state index contributed by atoms with van der Waals surface area (Å²) < 4.78 is 10.9. The summed E-state index contributed by atoms with van der Waals surface area (Å²) in [4.78, 5) is 0. The molecular weight excluding hydrogens is 288 g/mol. The largest absolute Gasteiger partial charge is 0.497 e. The lowest BCUT2D eigenvalue weighted by Crippen LogP contribution is -2.20. The van der Waals surface area contributed by atoms with E-state index >= 15 is 0 Å². The average molecular weight is 312 g/mol. The highest BCUT2D eigenvalue weighted by Crippen LogP contribution is 2.21. The fraction of sp³-hybridized carbons (Fsp3) is 0.263. The Hall–Kier alpha value is -2.62. The van der Waals surface area contributed by atoms with Crippen molar-refractivity contribution in [1.82, 2.24) is 0 Å². The first-order valence-electron chi connectivity index (χ1n) is 7.73. The Bertz CT molecular complexity index is 624. The monoisotopic (exact) mass is 312 g/mol. The van der Waals surface area contributed by atoms with Crippen LogP contribution >= 0.6 is 0 Å². The van der Waals surface area contributed by atoms with E-state index in [1.165, 1.54) is 0 Å². The van der Waals surface area contributed by atoms with Gasteiger partial charge in [-0.2, -0.15) is 0 Å². The summed E-state index contributed by atoms with van der Waals surface area (Å²) in [5.41, 5.74) is 7.59. The summed E-state index contributed by atoms with van der Waals surface area (Å²) in [5.74, 6) is 1.58. The number of nitrogens with two attached hydrogens (primary N) is 1. The van der Waals surface area contributed by atoms with Crippen molar-refractivity contribution in [1.29, 1.82) is 0 Å². The lowest BCUT2D eigenvalue weighted by atomic mass is 10.2. The molecule has 1 unspecified atom stereocenters. The molecule has 4 nitrogen and oxygen atoms in total. The Balaban J connectivity index is 1.89. The molecule has 0 aliphatic rings. The van der Waals surface area contributed by atoms with Crippen LogP contribution in [0.25, 0.3) is 0 Å². The van der Waals surface area contributed by atoms with Crippen LogP contribution in [0.5, 0.6) is 11.5 Å². The van der Waals surface area contributed by atoms with E-state index in [0.717, 1.165) is 23.6 Å². The molecule has 0 aliphatic carbocycles. The second-order valence-electron chi connectivity index (χ2n) is 5.18. The summed E-state index contributed by atoms with van der Waals surface area (Å²) in [7, 11) is 1.66. The summed E-state index contributed by atoms with van der Waals surface area (Å²) >= 11 is 0.